The van der Waals surface area contributed by atoms with Gasteiger partial charge in [0.15, 0.2) is 0 Å². The highest BCUT2D eigenvalue weighted by atomic mass is 16.5. The molecule has 3 heteroatoms. The molecule has 0 saturated heterocycles. The first-order valence-corrected chi connectivity index (χ1v) is 7.54. The predicted octanol–water partition coefficient (Wildman–Crippen LogP) is 3.97. The fourth-order valence-corrected chi connectivity index (χ4v) is 2.94. The molecule has 1 N–H and O–H groups in total. The smallest absolute Gasteiger partial charge is 0.128 e. The van der Waals surface area contributed by atoms with E-state index in [1.54, 1.807) is 12.1 Å². The van der Waals surface area contributed by atoms with Crippen LogP contribution < -0.4 is 4.74 Å². The number of benzene rings is 1. The summed E-state index contributed by atoms with van der Waals surface area (Å²) in [7, 11) is 2.19. The summed E-state index contributed by atoms with van der Waals surface area (Å²) in [6, 6.07) is 5.84. The molecule has 0 saturated carbocycles. The van der Waals surface area contributed by atoms with E-state index in [9.17, 15) is 5.11 Å². The molecule has 0 aliphatic carbocycles. The fourth-order valence-electron chi connectivity index (χ4n) is 2.94. The molecule has 0 radical (unpaired) electrons. The number of phenols is 1. The van der Waals surface area contributed by atoms with Crippen LogP contribution in [0, 0.1) is 5.92 Å². The molecule has 1 aliphatic rings. The molecule has 1 heterocycles. The van der Waals surface area contributed by atoms with Crippen LogP contribution in [0.3, 0.4) is 0 Å². The third-order valence-corrected chi connectivity index (χ3v) is 4.26. The maximum atomic E-state index is 9.67. The maximum Gasteiger partial charge on any atom is 0.128 e. The third-order valence-electron chi connectivity index (χ3n) is 4.26. The second-order valence-electron chi connectivity index (χ2n) is 6.76. The van der Waals surface area contributed by atoms with Gasteiger partial charge in [-0.1, -0.05) is 26.3 Å². The fraction of sp³-hybridized carbons (Fsp3) is 0.647. The van der Waals surface area contributed by atoms with E-state index in [1.807, 2.05) is 6.07 Å². The first-order chi connectivity index (χ1) is 9.32. The van der Waals surface area contributed by atoms with Crippen molar-refractivity contribution >= 4 is 0 Å². The Hall–Kier alpha value is -1.22. The van der Waals surface area contributed by atoms with Crippen molar-refractivity contribution in [2.24, 2.45) is 5.92 Å². The summed E-state index contributed by atoms with van der Waals surface area (Å²) in [6.45, 7) is 9.84. The highest BCUT2D eigenvalue weighted by Gasteiger charge is 2.36. The second kappa shape index (κ2) is 5.65. The van der Waals surface area contributed by atoms with Gasteiger partial charge in [-0.25, -0.2) is 0 Å². The number of phenolic OH excluding ortho intramolecular Hbond substituents is 1. The van der Waals surface area contributed by atoms with Gasteiger partial charge in [-0.3, -0.25) is 4.90 Å². The number of aromatic hydroxyl groups is 1. The quantitative estimate of drug-likeness (QED) is 0.903. The summed E-state index contributed by atoms with van der Waals surface area (Å²) in [5, 5.41) is 9.67. The average molecular weight is 277 g/mol. The SMILES string of the molecule is CCC(C)CN(C)C1CC(C)(C)Oc2cc(O)ccc21. The lowest BCUT2D eigenvalue weighted by Crippen LogP contribution is -2.41. The molecule has 0 fully saturated rings. The molecular weight excluding hydrogens is 250 g/mol. The minimum atomic E-state index is -0.199. The van der Waals surface area contributed by atoms with Crippen molar-refractivity contribution < 1.29 is 9.84 Å². The van der Waals surface area contributed by atoms with E-state index in [2.05, 4.69) is 39.6 Å². The minimum Gasteiger partial charge on any atom is -0.508 e. The van der Waals surface area contributed by atoms with Crippen LogP contribution in [-0.2, 0) is 0 Å². The lowest BCUT2D eigenvalue weighted by molar-refractivity contribution is 0.0335. The number of hydrogen-bond acceptors (Lipinski definition) is 3. The van der Waals surface area contributed by atoms with Gasteiger partial charge in [-0.05, 0) is 32.9 Å². The number of nitrogens with zero attached hydrogens (tertiary/aromatic N) is 1. The Labute approximate surface area is 122 Å². The van der Waals surface area contributed by atoms with Crippen molar-refractivity contribution in [1.82, 2.24) is 4.90 Å². The second-order valence-corrected chi connectivity index (χ2v) is 6.76. The summed E-state index contributed by atoms with van der Waals surface area (Å²) < 4.78 is 6.03. The minimum absolute atomic E-state index is 0.199. The van der Waals surface area contributed by atoms with Crippen molar-refractivity contribution in [3.63, 3.8) is 0 Å². The molecule has 1 aromatic carbocycles. The highest BCUT2D eigenvalue weighted by Crippen LogP contribution is 2.43. The molecule has 2 unspecified atom stereocenters. The number of ether oxygens (including phenoxy) is 1. The molecule has 2 atom stereocenters. The Kier molecular flexibility index (Phi) is 4.28. The van der Waals surface area contributed by atoms with E-state index < -0.39 is 0 Å². The zero-order chi connectivity index (χ0) is 14.9. The van der Waals surface area contributed by atoms with E-state index in [4.69, 9.17) is 4.74 Å². The first-order valence-electron chi connectivity index (χ1n) is 7.54. The van der Waals surface area contributed by atoms with Gasteiger partial charge in [0.05, 0.1) is 0 Å². The lowest BCUT2D eigenvalue weighted by atomic mass is 9.88. The molecular formula is C17H27NO2. The molecule has 112 valence electrons. The monoisotopic (exact) mass is 277 g/mol. The molecule has 0 spiro atoms. The average Bonchev–Trinajstić information content (AvgIpc) is 2.35. The summed E-state index contributed by atoms with van der Waals surface area (Å²) in [5.41, 5.74) is 0.989. The Morgan fingerprint density at radius 1 is 1.45 bits per heavy atom. The van der Waals surface area contributed by atoms with Gasteiger partial charge in [0.1, 0.15) is 17.1 Å². The molecule has 0 aromatic heterocycles. The van der Waals surface area contributed by atoms with Crippen molar-refractivity contribution in [2.45, 2.75) is 52.2 Å². The largest absolute Gasteiger partial charge is 0.508 e. The van der Waals surface area contributed by atoms with Crippen molar-refractivity contribution in [3.8, 4) is 11.5 Å². The van der Waals surface area contributed by atoms with Crippen LogP contribution in [0.4, 0.5) is 0 Å². The zero-order valence-corrected chi connectivity index (χ0v) is 13.3. The Bertz CT molecular complexity index is 470. The van der Waals surface area contributed by atoms with Crippen LogP contribution >= 0.6 is 0 Å². The molecule has 1 aromatic rings. The predicted molar refractivity (Wildman–Crippen MR) is 82.3 cm³/mol. The van der Waals surface area contributed by atoms with Crippen LogP contribution in [0.1, 0.15) is 52.1 Å². The van der Waals surface area contributed by atoms with E-state index >= 15 is 0 Å². The van der Waals surface area contributed by atoms with Crippen LogP contribution in [-0.4, -0.2) is 29.2 Å². The van der Waals surface area contributed by atoms with Gasteiger partial charge in [0.25, 0.3) is 0 Å². The highest BCUT2D eigenvalue weighted by molar-refractivity contribution is 5.44. The van der Waals surface area contributed by atoms with Crippen LogP contribution in [0.25, 0.3) is 0 Å². The van der Waals surface area contributed by atoms with E-state index in [1.165, 1.54) is 12.0 Å². The molecule has 1 aliphatic heterocycles. The van der Waals surface area contributed by atoms with E-state index in [-0.39, 0.29) is 11.4 Å². The van der Waals surface area contributed by atoms with Gasteiger partial charge in [0, 0.05) is 30.6 Å². The van der Waals surface area contributed by atoms with Gasteiger partial charge < -0.3 is 9.84 Å². The summed E-state index contributed by atoms with van der Waals surface area (Å²) in [5.74, 6) is 1.78. The van der Waals surface area contributed by atoms with Crippen molar-refractivity contribution in [3.05, 3.63) is 23.8 Å². The molecule has 2 rings (SSSR count). The van der Waals surface area contributed by atoms with Crippen LogP contribution in [0.5, 0.6) is 11.5 Å². The number of fused-ring (bicyclic) bond motifs is 1. The summed E-state index contributed by atoms with van der Waals surface area (Å²) in [6.07, 6.45) is 2.16. The normalized spacial score (nSPS) is 22.2. The van der Waals surface area contributed by atoms with Gasteiger partial charge in [-0.2, -0.15) is 0 Å². The lowest BCUT2D eigenvalue weighted by Gasteiger charge is -2.42. The zero-order valence-electron chi connectivity index (χ0n) is 13.3. The maximum absolute atomic E-state index is 9.67. The molecule has 0 bridgehead atoms. The van der Waals surface area contributed by atoms with Crippen LogP contribution in [0.15, 0.2) is 18.2 Å². The topological polar surface area (TPSA) is 32.7 Å². The van der Waals surface area contributed by atoms with Crippen LogP contribution in [0.2, 0.25) is 0 Å². The number of hydrogen-bond donors (Lipinski definition) is 1. The molecule has 0 amide bonds. The Morgan fingerprint density at radius 3 is 2.80 bits per heavy atom. The molecule has 20 heavy (non-hydrogen) atoms. The Balaban J connectivity index is 2.29. The number of rotatable bonds is 4. The third kappa shape index (κ3) is 3.26. The van der Waals surface area contributed by atoms with Crippen molar-refractivity contribution in [1.29, 1.82) is 0 Å². The van der Waals surface area contributed by atoms with E-state index in [0.29, 0.717) is 12.0 Å². The standard InChI is InChI=1S/C17H27NO2/c1-6-12(2)11-18(5)15-10-17(3,4)20-16-9-13(19)7-8-14(15)16/h7-9,12,15,19H,6,10-11H2,1-5H3. The molecule has 3 nitrogen and oxygen atoms in total. The van der Waals surface area contributed by atoms with E-state index in [0.717, 1.165) is 18.7 Å². The van der Waals surface area contributed by atoms with Gasteiger partial charge in [-0.15, -0.1) is 0 Å². The van der Waals surface area contributed by atoms with Gasteiger partial charge >= 0.3 is 0 Å². The van der Waals surface area contributed by atoms with Gasteiger partial charge in [0.2, 0.25) is 0 Å². The summed E-state index contributed by atoms with van der Waals surface area (Å²) >= 11 is 0. The first kappa shape index (κ1) is 15.2. The summed E-state index contributed by atoms with van der Waals surface area (Å²) in [4.78, 5) is 2.42. The van der Waals surface area contributed by atoms with Crippen molar-refractivity contribution in [2.75, 3.05) is 13.6 Å². The Morgan fingerprint density at radius 2 is 2.15 bits per heavy atom.